The largest absolute Gasteiger partial charge is 0.467 e. The van der Waals surface area contributed by atoms with E-state index in [1.54, 1.807) is 6.92 Å². The molecule has 6 nitrogen and oxygen atoms in total. The number of aromatic nitrogens is 1. The summed E-state index contributed by atoms with van der Waals surface area (Å²) in [4.78, 5) is 27.3. The summed E-state index contributed by atoms with van der Waals surface area (Å²) in [6, 6.07) is 4.26. The van der Waals surface area contributed by atoms with Crippen molar-refractivity contribution in [3.8, 4) is 6.07 Å². The number of hydrogen-bond acceptors (Lipinski definition) is 5. The predicted octanol–water partition coefficient (Wildman–Crippen LogP) is 0.903. The fourth-order valence-electron chi connectivity index (χ4n) is 1.51. The first kappa shape index (κ1) is 14.6. The minimum atomic E-state index is -0.833. The van der Waals surface area contributed by atoms with Crippen LogP contribution in [0.3, 0.4) is 0 Å². The molecule has 1 amide bonds. The van der Waals surface area contributed by atoms with Gasteiger partial charge in [0.05, 0.1) is 13.2 Å². The smallest absolute Gasteiger partial charge is 0.328 e. The molecule has 6 heteroatoms. The molecule has 0 bridgehead atoms. The maximum absolute atomic E-state index is 11.9. The summed E-state index contributed by atoms with van der Waals surface area (Å²) in [5.41, 5.74) is 0.397. The minimum absolute atomic E-state index is 0.208. The first-order valence-electron chi connectivity index (χ1n) is 5.76. The summed E-state index contributed by atoms with van der Waals surface area (Å²) < 4.78 is 4.62. The molecular weight excluding hydrogens is 246 g/mol. The zero-order valence-corrected chi connectivity index (χ0v) is 10.8. The Bertz CT molecular complexity index is 482. The van der Waals surface area contributed by atoms with Crippen molar-refractivity contribution in [3.63, 3.8) is 0 Å². The van der Waals surface area contributed by atoms with Gasteiger partial charge in [-0.25, -0.2) is 4.79 Å². The number of nitriles is 1. The molecule has 0 aliphatic heterocycles. The van der Waals surface area contributed by atoms with E-state index in [1.807, 2.05) is 6.07 Å². The highest BCUT2D eigenvalue weighted by molar-refractivity contribution is 5.96. The molecule has 100 valence electrons. The van der Waals surface area contributed by atoms with Crippen molar-refractivity contribution >= 4 is 11.9 Å². The predicted molar refractivity (Wildman–Crippen MR) is 66.9 cm³/mol. The number of esters is 1. The summed E-state index contributed by atoms with van der Waals surface area (Å²) >= 11 is 0. The first-order valence-corrected chi connectivity index (χ1v) is 5.76. The lowest BCUT2D eigenvalue weighted by Gasteiger charge is -2.17. The molecule has 0 spiro atoms. The third-order valence-electron chi connectivity index (χ3n) is 2.54. The van der Waals surface area contributed by atoms with Gasteiger partial charge in [-0.05, 0) is 25.5 Å². The molecule has 1 aromatic rings. The number of pyridine rings is 1. The molecule has 0 aliphatic rings. The van der Waals surface area contributed by atoms with Gasteiger partial charge in [-0.3, -0.25) is 9.78 Å². The van der Waals surface area contributed by atoms with Crippen LogP contribution in [0.4, 0.5) is 0 Å². The topological polar surface area (TPSA) is 92.1 Å². The molecule has 0 radical (unpaired) electrons. The van der Waals surface area contributed by atoms with E-state index < -0.39 is 17.9 Å². The second-order valence-electron chi connectivity index (χ2n) is 4.05. The van der Waals surface area contributed by atoms with Crippen LogP contribution in [0.5, 0.6) is 0 Å². The highest BCUT2D eigenvalue weighted by Crippen LogP contribution is 2.07. The van der Waals surface area contributed by atoms with Crippen LogP contribution in [0.25, 0.3) is 0 Å². The lowest BCUT2D eigenvalue weighted by molar-refractivity contribution is -0.143. The van der Waals surface area contributed by atoms with Crippen LogP contribution >= 0.6 is 0 Å². The lowest BCUT2D eigenvalue weighted by atomic mass is 10.0. The van der Waals surface area contributed by atoms with Gasteiger partial charge < -0.3 is 10.1 Å². The number of nitrogens with zero attached hydrogens (tertiary/aromatic N) is 2. The van der Waals surface area contributed by atoms with Gasteiger partial charge in [0.15, 0.2) is 0 Å². The maximum Gasteiger partial charge on any atom is 0.328 e. The second kappa shape index (κ2) is 7.11. The average molecular weight is 261 g/mol. The number of ether oxygens (including phenoxy) is 1. The van der Waals surface area contributed by atoms with E-state index >= 15 is 0 Å². The number of rotatable bonds is 5. The van der Waals surface area contributed by atoms with E-state index in [0.717, 1.165) is 0 Å². The minimum Gasteiger partial charge on any atom is -0.467 e. The molecule has 0 aromatic carbocycles. The van der Waals surface area contributed by atoms with Crippen LogP contribution in [0.2, 0.25) is 0 Å². The molecule has 0 unspecified atom stereocenters. The number of amides is 1. The second-order valence-corrected chi connectivity index (χ2v) is 4.05. The zero-order chi connectivity index (χ0) is 14.3. The summed E-state index contributed by atoms with van der Waals surface area (Å²) in [7, 11) is 1.24. The van der Waals surface area contributed by atoms with Crippen LogP contribution in [0.15, 0.2) is 24.5 Å². The highest BCUT2D eigenvalue weighted by atomic mass is 16.5. The molecule has 0 aliphatic carbocycles. The van der Waals surface area contributed by atoms with E-state index in [2.05, 4.69) is 15.0 Å². The molecule has 1 aromatic heterocycles. The van der Waals surface area contributed by atoms with E-state index in [4.69, 9.17) is 5.26 Å². The number of methoxy groups -OCH3 is 1. The van der Waals surface area contributed by atoms with Crippen molar-refractivity contribution in [3.05, 3.63) is 30.1 Å². The van der Waals surface area contributed by atoms with Gasteiger partial charge in [0, 0.05) is 23.9 Å². The Hall–Kier alpha value is -2.42. The van der Waals surface area contributed by atoms with Gasteiger partial charge in [-0.15, -0.1) is 0 Å². The Labute approximate surface area is 111 Å². The summed E-state index contributed by atoms with van der Waals surface area (Å²) in [6.07, 6.45) is 3.18. The fraction of sp³-hybridized carbons (Fsp3) is 0.385. The zero-order valence-electron chi connectivity index (χ0n) is 10.8. The van der Waals surface area contributed by atoms with Crippen LogP contribution in [0, 0.1) is 17.2 Å². The summed E-state index contributed by atoms with van der Waals surface area (Å²) in [5, 5.41) is 11.3. The third-order valence-corrected chi connectivity index (χ3v) is 2.54. The molecule has 0 saturated carbocycles. The Morgan fingerprint density at radius 3 is 2.63 bits per heavy atom. The lowest BCUT2D eigenvalue weighted by Crippen LogP contribution is -2.42. The van der Waals surface area contributed by atoms with Gasteiger partial charge in [0.2, 0.25) is 0 Å². The molecule has 19 heavy (non-hydrogen) atoms. The molecule has 1 rings (SSSR count). The molecule has 0 fully saturated rings. The third kappa shape index (κ3) is 4.39. The van der Waals surface area contributed by atoms with Crippen molar-refractivity contribution in [2.24, 2.45) is 5.92 Å². The van der Waals surface area contributed by atoms with Crippen molar-refractivity contribution < 1.29 is 14.3 Å². The van der Waals surface area contributed by atoms with Gasteiger partial charge in [-0.2, -0.15) is 5.26 Å². The van der Waals surface area contributed by atoms with Gasteiger partial charge in [-0.1, -0.05) is 0 Å². The van der Waals surface area contributed by atoms with E-state index in [1.165, 1.54) is 31.6 Å². The monoisotopic (exact) mass is 261 g/mol. The Morgan fingerprint density at radius 1 is 1.47 bits per heavy atom. The summed E-state index contributed by atoms with van der Waals surface area (Å²) in [6.45, 7) is 1.68. The van der Waals surface area contributed by atoms with Gasteiger partial charge in [0.25, 0.3) is 5.91 Å². The summed E-state index contributed by atoms with van der Waals surface area (Å²) in [5.74, 6) is -1.32. The number of carbonyl (C=O) groups excluding carboxylic acids is 2. The fourth-order valence-corrected chi connectivity index (χ4v) is 1.51. The quantitative estimate of drug-likeness (QED) is 0.795. The highest BCUT2D eigenvalue weighted by Gasteiger charge is 2.24. The Morgan fingerprint density at radius 2 is 2.11 bits per heavy atom. The van der Waals surface area contributed by atoms with Gasteiger partial charge >= 0.3 is 5.97 Å². The number of nitrogens with one attached hydrogen (secondary N) is 1. The molecule has 1 heterocycles. The average Bonchev–Trinajstić information content (AvgIpc) is 2.46. The van der Waals surface area contributed by atoms with Crippen LogP contribution in [-0.4, -0.2) is 30.0 Å². The van der Waals surface area contributed by atoms with Crippen LogP contribution < -0.4 is 5.32 Å². The number of carbonyl (C=O) groups is 2. The number of hydrogen-bond donors (Lipinski definition) is 1. The van der Waals surface area contributed by atoms with E-state index in [0.29, 0.717) is 5.56 Å². The van der Waals surface area contributed by atoms with Crippen molar-refractivity contribution in [1.29, 1.82) is 5.26 Å². The molecular formula is C13H15N3O3. The Kier molecular flexibility index (Phi) is 5.48. The molecule has 2 atom stereocenters. The van der Waals surface area contributed by atoms with Crippen molar-refractivity contribution in [2.45, 2.75) is 19.4 Å². The van der Waals surface area contributed by atoms with Crippen molar-refractivity contribution in [2.75, 3.05) is 7.11 Å². The Balaban J connectivity index is 2.75. The molecule has 1 N–H and O–H groups in total. The standard InChI is InChI=1S/C13H15N3O3/c1-9(8-14)7-11(13(18)19-2)16-12(17)10-3-5-15-6-4-10/h3-6,9,11H,7H2,1-2H3,(H,16,17)/t9-,11+/m1/s1. The maximum atomic E-state index is 11.9. The van der Waals surface area contributed by atoms with Crippen LogP contribution in [-0.2, 0) is 9.53 Å². The van der Waals surface area contributed by atoms with E-state index in [-0.39, 0.29) is 12.3 Å². The van der Waals surface area contributed by atoms with Gasteiger partial charge in [0.1, 0.15) is 6.04 Å². The molecule has 0 saturated heterocycles. The van der Waals surface area contributed by atoms with E-state index in [9.17, 15) is 9.59 Å². The SMILES string of the molecule is COC(=O)[C@H](C[C@@H](C)C#N)NC(=O)c1ccncc1. The normalized spacial score (nSPS) is 12.9. The van der Waals surface area contributed by atoms with Crippen molar-refractivity contribution in [1.82, 2.24) is 10.3 Å². The first-order chi connectivity index (χ1) is 9.08. The van der Waals surface area contributed by atoms with Crippen LogP contribution in [0.1, 0.15) is 23.7 Å².